The van der Waals surface area contributed by atoms with E-state index < -0.39 is 11.8 Å². The molecule has 38 heavy (non-hydrogen) atoms. The Balaban J connectivity index is 1.45. The first-order valence-electron chi connectivity index (χ1n) is 12.8. The summed E-state index contributed by atoms with van der Waals surface area (Å²) in [6.07, 6.45) is 1.59. The third-order valence-corrected chi connectivity index (χ3v) is 6.87. The minimum absolute atomic E-state index is 0.137. The van der Waals surface area contributed by atoms with Crippen LogP contribution in [0.25, 0.3) is 11.0 Å². The number of aromatic nitrogens is 2. The first kappa shape index (κ1) is 25.1. The van der Waals surface area contributed by atoms with Crippen molar-refractivity contribution in [3.8, 4) is 6.07 Å². The molecular formula is C31H30N6O. The number of nitrogens with one attached hydrogen (secondary N) is 1. The van der Waals surface area contributed by atoms with E-state index in [-0.39, 0.29) is 12.6 Å². The van der Waals surface area contributed by atoms with Gasteiger partial charge in [-0.1, -0.05) is 78.9 Å². The molecule has 4 aromatic rings. The third-order valence-electron chi connectivity index (χ3n) is 6.87. The van der Waals surface area contributed by atoms with Crippen molar-refractivity contribution in [2.24, 2.45) is 0 Å². The van der Waals surface area contributed by atoms with Crippen molar-refractivity contribution in [2.75, 3.05) is 37.6 Å². The number of piperazine rings is 1. The van der Waals surface area contributed by atoms with Gasteiger partial charge in [0.05, 0.1) is 23.1 Å². The molecule has 0 bridgehead atoms. The van der Waals surface area contributed by atoms with Crippen molar-refractivity contribution in [3.63, 3.8) is 0 Å². The molecule has 7 nitrogen and oxygen atoms in total. The number of hydrogen-bond acceptors (Lipinski definition) is 6. The van der Waals surface area contributed by atoms with Crippen LogP contribution in [0.15, 0.2) is 97.6 Å². The average molecular weight is 503 g/mol. The summed E-state index contributed by atoms with van der Waals surface area (Å²) < 4.78 is 0. The Morgan fingerprint density at radius 2 is 1.45 bits per heavy atom. The fraction of sp³-hybridized carbons (Fsp3) is 0.226. The molecule has 1 saturated heterocycles. The first-order valence-corrected chi connectivity index (χ1v) is 12.8. The van der Waals surface area contributed by atoms with E-state index in [2.05, 4.69) is 76.3 Å². The molecule has 0 saturated carbocycles. The Hall–Kier alpha value is -4.54. The van der Waals surface area contributed by atoms with E-state index in [1.807, 2.05) is 36.4 Å². The molecule has 1 fully saturated rings. The van der Waals surface area contributed by atoms with Gasteiger partial charge in [0.15, 0.2) is 11.7 Å². The number of nitriles is 1. The number of amides is 1. The quantitative estimate of drug-likeness (QED) is 0.358. The fourth-order valence-corrected chi connectivity index (χ4v) is 5.03. The maximum Gasteiger partial charge on any atom is 0.243 e. The highest BCUT2D eigenvalue weighted by Crippen LogP contribution is 2.32. The van der Waals surface area contributed by atoms with E-state index in [4.69, 9.17) is 9.97 Å². The number of rotatable bonds is 8. The summed E-state index contributed by atoms with van der Waals surface area (Å²) in [6, 6.07) is 31.0. The molecule has 0 radical (unpaired) electrons. The maximum absolute atomic E-state index is 12.9. The van der Waals surface area contributed by atoms with Gasteiger partial charge < -0.3 is 10.2 Å². The highest BCUT2D eigenvalue weighted by molar-refractivity contribution is 5.89. The zero-order chi connectivity index (χ0) is 26.3. The predicted octanol–water partition coefficient (Wildman–Crippen LogP) is 4.45. The molecule has 2 heterocycles. The van der Waals surface area contributed by atoms with Gasteiger partial charge in [0.1, 0.15) is 5.69 Å². The summed E-state index contributed by atoms with van der Waals surface area (Å²) in [7, 11) is 0. The van der Waals surface area contributed by atoms with Crippen LogP contribution >= 0.6 is 0 Å². The van der Waals surface area contributed by atoms with Crippen molar-refractivity contribution >= 4 is 22.8 Å². The normalized spacial score (nSPS) is 14.7. The molecule has 0 spiro atoms. The van der Waals surface area contributed by atoms with Gasteiger partial charge in [-0.3, -0.25) is 9.69 Å². The average Bonchev–Trinajstić information content (AvgIpc) is 2.98. The highest BCUT2D eigenvalue weighted by Gasteiger charge is 2.32. The zero-order valence-corrected chi connectivity index (χ0v) is 21.2. The van der Waals surface area contributed by atoms with Crippen molar-refractivity contribution in [1.82, 2.24) is 20.2 Å². The smallest absolute Gasteiger partial charge is 0.243 e. The molecule has 1 aliphatic heterocycles. The molecule has 7 heteroatoms. The molecule has 0 unspecified atom stereocenters. The number of para-hydroxylation sites is 2. The molecule has 1 amide bonds. The zero-order valence-electron chi connectivity index (χ0n) is 21.2. The van der Waals surface area contributed by atoms with Gasteiger partial charge in [0.2, 0.25) is 5.91 Å². The Labute approximate surface area is 223 Å². The van der Waals surface area contributed by atoms with Crippen LogP contribution in [-0.2, 0) is 4.79 Å². The van der Waals surface area contributed by atoms with Crippen molar-refractivity contribution in [2.45, 2.75) is 12.0 Å². The molecule has 1 atom stereocenters. The second-order valence-corrected chi connectivity index (χ2v) is 9.26. The van der Waals surface area contributed by atoms with Crippen LogP contribution in [0.5, 0.6) is 0 Å². The molecule has 1 aromatic heterocycles. The number of nitrogens with zero attached hydrogens (tertiary/aromatic N) is 5. The van der Waals surface area contributed by atoms with Crippen molar-refractivity contribution in [3.05, 3.63) is 114 Å². The van der Waals surface area contributed by atoms with Crippen LogP contribution in [-0.4, -0.2) is 53.5 Å². The number of anilines is 1. The van der Waals surface area contributed by atoms with E-state index >= 15 is 0 Å². The van der Waals surface area contributed by atoms with E-state index in [9.17, 15) is 10.1 Å². The number of benzene rings is 3. The summed E-state index contributed by atoms with van der Waals surface area (Å²) >= 11 is 0. The van der Waals surface area contributed by atoms with Gasteiger partial charge in [-0.15, -0.1) is 6.58 Å². The Morgan fingerprint density at radius 3 is 2.00 bits per heavy atom. The Morgan fingerprint density at radius 1 is 0.895 bits per heavy atom. The van der Waals surface area contributed by atoms with Crippen LogP contribution in [0.1, 0.15) is 28.8 Å². The summed E-state index contributed by atoms with van der Waals surface area (Å²) in [5.74, 6) is -0.869. The van der Waals surface area contributed by atoms with Gasteiger partial charge in [-0.05, 0) is 23.3 Å². The summed E-state index contributed by atoms with van der Waals surface area (Å²) in [5, 5.41) is 12.7. The van der Waals surface area contributed by atoms with Gasteiger partial charge in [-0.2, -0.15) is 5.26 Å². The lowest BCUT2D eigenvalue weighted by atomic mass is 9.96. The molecular weight excluding hydrogens is 472 g/mol. The Bertz CT molecular complexity index is 1400. The van der Waals surface area contributed by atoms with Crippen molar-refractivity contribution < 1.29 is 4.79 Å². The van der Waals surface area contributed by atoms with E-state index in [0.29, 0.717) is 30.1 Å². The topological polar surface area (TPSA) is 85.1 Å². The van der Waals surface area contributed by atoms with Crippen LogP contribution in [0.4, 0.5) is 5.82 Å². The van der Waals surface area contributed by atoms with Gasteiger partial charge in [0, 0.05) is 32.7 Å². The largest absolute Gasteiger partial charge is 0.352 e. The molecule has 3 aromatic carbocycles. The number of fused-ring (bicyclic) bond motifs is 1. The molecule has 1 N–H and O–H groups in total. The number of carbonyl (C=O) groups is 1. The van der Waals surface area contributed by atoms with Crippen molar-refractivity contribution in [1.29, 1.82) is 5.26 Å². The van der Waals surface area contributed by atoms with E-state index in [1.165, 1.54) is 11.1 Å². The molecule has 5 rings (SSSR count). The Kier molecular flexibility index (Phi) is 7.72. The second-order valence-electron chi connectivity index (χ2n) is 9.26. The summed E-state index contributed by atoms with van der Waals surface area (Å²) in [4.78, 5) is 27.2. The van der Waals surface area contributed by atoms with Crippen LogP contribution in [0.2, 0.25) is 0 Å². The minimum atomic E-state index is -1.07. The monoisotopic (exact) mass is 502 g/mol. The van der Waals surface area contributed by atoms with Gasteiger partial charge in [-0.25, -0.2) is 9.97 Å². The minimum Gasteiger partial charge on any atom is -0.352 e. The fourth-order valence-electron chi connectivity index (χ4n) is 5.03. The van der Waals surface area contributed by atoms with Crippen LogP contribution < -0.4 is 10.2 Å². The number of hydrogen-bond donors (Lipinski definition) is 1. The van der Waals surface area contributed by atoms with Crippen LogP contribution in [0.3, 0.4) is 0 Å². The van der Waals surface area contributed by atoms with E-state index in [1.54, 1.807) is 6.08 Å². The maximum atomic E-state index is 12.9. The second kappa shape index (κ2) is 11.7. The number of carbonyl (C=O) groups excluding carboxylic acids is 1. The lowest BCUT2D eigenvalue weighted by Crippen LogP contribution is -2.48. The summed E-state index contributed by atoms with van der Waals surface area (Å²) in [6.45, 7) is 6.92. The van der Waals surface area contributed by atoms with Crippen LogP contribution in [0, 0.1) is 11.3 Å². The molecule has 190 valence electrons. The van der Waals surface area contributed by atoms with Gasteiger partial charge >= 0.3 is 0 Å². The molecule has 0 aliphatic carbocycles. The van der Waals surface area contributed by atoms with Gasteiger partial charge in [0.25, 0.3) is 0 Å². The molecule has 1 aliphatic rings. The lowest BCUT2D eigenvalue weighted by Gasteiger charge is -2.40. The summed E-state index contributed by atoms with van der Waals surface area (Å²) in [5.41, 5.74) is 4.30. The SMILES string of the molecule is C=CCNC(=O)[C@H](C#N)c1nc2ccccc2nc1N1CCN(C(c2ccccc2)c2ccccc2)CC1. The predicted molar refractivity (Wildman–Crippen MR) is 150 cm³/mol. The highest BCUT2D eigenvalue weighted by atomic mass is 16.1. The van der Waals surface area contributed by atoms with E-state index in [0.717, 1.165) is 18.6 Å². The standard InChI is InChI=1S/C31H30N6O/c1-2-17-33-31(38)25(22-32)28-30(35-27-16-10-9-15-26(27)34-28)37-20-18-36(19-21-37)29(23-11-5-3-6-12-23)24-13-7-4-8-14-24/h2-16,25,29H,1,17-21H2,(H,33,38)/t25-/m1/s1. The first-order chi connectivity index (χ1) is 18.7. The lowest BCUT2D eigenvalue weighted by molar-refractivity contribution is -0.121. The third kappa shape index (κ3) is 5.26.